The standard InChI is InChI=1S/C21H28N4O3S/c1-17-9-10-19(29(27,28)23(2)3)15-20(17)22-21(26)16-24-11-13-25(14-12-24)18-7-5-4-6-8-18/h4-10,15H,11-14,16H2,1-3H3,(H,22,26). The van der Waals surface area contributed by atoms with Crippen molar-refractivity contribution in [3.8, 4) is 0 Å². The van der Waals surface area contributed by atoms with Crippen LogP contribution in [0.25, 0.3) is 0 Å². The zero-order chi connectivity index (χ0) is 21.0. The summed E-state index contributed by atoms with van der Waals surface area (Å²) >= 11 is 0. The molecule has 0 atom stereocenters. The average Bonchev–Trinajstić information content (AvgIpc) is 2.70. The van der Waals surface area contributed by atoms with Gasteiger partial charge in [0, 0.05) is 51.6 Å². The van der Waals surface area contributed by atoms with E-state index in [1.165, 1.54) is 25.8 Å². The third-order valence-corrected chi connectivity index (χ3v) is 6.93. The minimum absolute atomic E-state index is 0.138. The van der Waals surface area contributed by atoms with Crippen LogP contribution in [0.4, 0.5) is 11.4 Å². The topological polar surface area (TPSA) is 73.0 Å². The second-order valence-electron chi connectivity index (χ2n) is 7.41. The van der Waals surface area contributed by atoms with Crippen molar-refractivity contribution in [1.29, 1.82) is 0 Å². The SMILES string of the molecule is Cc1ccc(S(=O)(=O)N(C)C)cc1NC(=O)CN1CCN(c2ccccc2)CC1. The van der Waals surface area contributed by atoms with E-state index in [4.69, 9.17) is 0 Å². The van der Waals surface area contributed by atoms with Gasteiger partial charge < -0.3 is 10.2 Å². The molecule has 1 aliphatic rings. The molecule has 0 saturated carbocycles. The van der Waals surface area contributed by atoms with E-state index in [1.54, 1.807) is 12.1 Å². The van der Waals surface area contributed by atoms with E-state index < -0.39 is 10.0 Å². The van der Waals surface area contributed by atoms with Crippen LogP contribution in [0.3, 0.4) is 0 Å². The Kier molecular flexibility index (Phi) is 6.56. The van der Waals surface area contributed by atoms with Crippen LogP contribution in [0.1, 0.15) is 5.56 Å². The maximum Gasteiger partial charge on any atom is 0.242 e. The molecule has 8 heteroatoms. The number of benzene rings is 2. The van der Waals surface area contributed by atoms with Crippen molar-refractivity contribution in [2.24, 2.45) is 0 Å². The lowest BCUT2D eigenvalue weighted by Gasteiger charge is -2.35. The predicted octanol–water partition coefficient (Wildman–Crippen LogP) is 2.01. The molecule has 1 amide bonds. The minimum Gasteiger partial charge on any atom is -0.369 e. The number of nitrogens with zero attached hydrogens (tertiary/aromatic N) is 3. The molecule has 29 heavy (non-hydrogen) atoms. The number of hydrogen-bond acceptors (Lipinski definition) is 5. The summed E-state index contributed by atoms with van der Waals surface area (Å²) in [5.41, 5.74) is 2.55. The van der Waals surface area contributed by atoms with Crippen molar-refractivity contribution in [3.05, 3.63) is 54.1 Å². The molecule has 0 aliphatic carbocycles. The van der Waals surface area contributed by atoms with Gasteiger partial charge in [-0.3, -0.25) is 9.69 Å². The molecule has 0 radical (unpaired) electrons. The van der Waals surface area contributed by atoms with Crippen LogP contribution in [0.15, 0.2) is 53.4 Å². The number of sulfonamides is 1. The molecule has 2 aromatic carbocycles. The fraction of sp³-hybridized carbons (Fsp3) is 0.381. The van der Waals surface area contributed by atoms with E-state index in [0.29, 0.717) is 5.69 Å². The lowest BCUT2D eigenvalue weighted by atomic mass is 10.2. The number of aryl methyl sites for hydroxylation is 1. The van der Waals surface area contributed by atoms with E-state index in [0.717, 1.165) is 36.0 Å². The van der Waals surface area contributed by atoms with E-state index in [9.17, 15) is 13.2 Å². The molecule has 0 bridgehead atoms. The number of carbonyl (C=O) groups excluding carboxylic acids is 1. The molecular formula is C21H28N4O3S. The number of para-hydroxylation sites is 1. The Labute approximate surface area is 173 Å². The van der Waals surface area contributed by atoms with Gasteiger partial charge in [-0.15, -0.1) is 0 Å². The van der Waals surface area contributed by atoms with Gasteiger partial charge in [0.1, 0.15) is 0 Å². The number of amides is 1. The summed E-state index contributed by atoms with van der Waals surface area (Å²) in [6.07, 6.45) is 0. The monoisotopic (exact) mass is 416 g/mol. The number of piperazine rings is 1. The summed E-state index contributed by atoms with van der Waals surface area (Å²) in [5, 5.41) is 2.87. The largest absolute Gasteiger partial charge is 0.369 e. The van der Waals surface area contributed by atoms with Crippen LogP contribution >= 0.6 is 0 Å². The van der Waals surface area contributed by atoms with Gasteiger partial charge in [0.05, 0.1) is 11.4 Å². The van der Waals surface area contributed by atoms with Crippen molar-refractivity contribution in [3.63, 3.8) is 0 Å². The van der Waals surface area contributed by atoms with Gasteiger partial charge in [0.25, 0.3) is 0 Å². The Morgan fingerprint density at radius 2 is 1.69 bits per heavy atom. The Hall–Kier alpha value is -2.42. The summed E-state index contributed by atoms with van der Waals surface area (Å²) in [6.45, 7) is 5.47. The summed E-state index contributed by atoms with van der Waals surface area (Å²) in [7, 11) is -0.568. The Morgan fingerprint density at radius 3 is 2.31 bits per heavy atom. The third kappa shape index (κ3) is 5.14. The van der Waals surface area contributed by atoms with E-state index in [2.05, 4.69) is 27.2 Å². The Balaban J connectivity index is 1.59. The van der Waals surface area contributed by atoms with Crippen LogP contribution in [-0.4, -0.2) is 70.3 Å². The highest BCUT2D eigenvalue weighted by Crippen LogP contribution is 2.22. The zero-order valence-electron chi connectivity index (χ0n) is 17.1. The number of anilines is 2. The summed E-state index contributed by atoms with van der Waals surface area (Å²) in [4.78, 5) is 17.1. The first-order chi connectivity index (χ1) is 13.8. The molecule has 0 unspecified atom stereocenters. The van der Waals surface area contributed by atoms with Gasteiger partial charge in [-0.1, -0.05) is 24.3 Å². The van der Waals surface area contributed by atoms with Crippen molar-refractivity contribution >= 4 is 27.3 Å². The molecule has 156 valence electrons. The smallest absolute Gasteiger partial charge is 0.242 e. The Bertz CT molecular complexity index is 953. The van der Waals surface area contributed by atoms with Crippen molar-refractivity contribution < 1.29 is 13.2 Å². The predicted molar refractivity (Wildman–Crippen MR) is 116 cm³/mol. The fourth-order valence-corrected chi connectivity index (χ4v) is 4.23. The Morgan fingerprint density at radius 1 is 1.03 bits per heavy atom. The molecule has 3 rings (SSSR count). The normalized spacial score (nSPS) is 15.5. The first-order valence-corrected chi connectivity index (χ1v) is 11.1. The third-order valence-electron chi connectivity index (χ3n) is 5.12. The van der Waals surface area contributed by atoms with Gasteiger partial charge in [0.2, 0.25) is 15.9 Å². The fourth-order valence-electron chi connectivity index (χ4n) is 3.30. The molecule has 1 N–H and O–H groups in total. The van der Waals surface area contributed by atoms with Gasteiger partial charge >= 0.3 is 0 Å². The number of rotatable bonds is 6. The number of nitrogens with one attached hydrogen (secondary N) is 1. The molecule has 7 nitrogen and oxygen atoms in total. The highest BCUT2D eigenvalue weighted by Gasteiger charge is 2.21. The van der Waals surface area contributed by atoms with Crippen LogP contribution < -0.4 is 10.2 Å². The van der Waals surface area contributed by atoms with Crippen LogP contribution in [0, 0.1) is 6.92 Å². The van der Waals surface area contributed by atoms with Crippen LogP contribution in [-0.2, 0) is 14.8 Å². The van der Waals surface area contributed by atoms with Crippen LogP contribution in [0.2, 0.25) is 0 Å². The number of carbonyl (C=O) groups is 1. The summed E-state index contributed by atoms with van der Waals surface area (Å²) in [5.74, 6) is -0.138. The lowest BCUT2D eigenvalue weighted by molar-refractivity contribution is -0.117. The van der Waals surface area contributed by atoms with Gasteiger partial charge in [-0.05, 0) is 36.8 Å². The van der Waals surface area contributed by atoms with Crippen molar-refractivity contribution in [2.45, 2.75) is 11.8 Å². The lowest BCUT2D eigenvalue weighted by Crippen LogP contribution is -2.48. The van der Waals surface area contributed by atoms with E-state index in [1.807, 2.05) is 25.1 Å². The van der Waals surface area contributed by atoms with Crippen LogP contribution in [0.5, 0.6) is 0 Å². The van der Waals surface area contributed by atoms with Gasteiger partial charge in [-0.25, -0.2) is 12.7 Å². The first-order valence-electron chi connectivity index (χ1n) is 9.63. The van der Waals surface area contributed by atoms with Gasteiger partial charge in [-0.2, -0.15) is 0 Å². The average molecular weight is 417 g/mol. The second kappa shape index (κ2) is 8.94. The highest BCUT2D eigenvalue weighted by molar-refractivity contribution is 7.89. The van der Waals surface area contributed by atoms with Crippen molar-refractivity contribution in [1.82, 2.24) is 9.21 Å². The molecular weight excluding hydrogens is 388 g/mol. The molecule has 1 heterocycles. The molecule has 0 spiro atoms. The maximum absolute atomic E-state index is 12.6. The molecule has 2 aromatic rings. The quantitative estimate of drug-likeness (QED) is 0.780. The number of hydrogen-bond donors (Lipinski definition) is 1. The maximum atomic E-state index is 12.6. The summed E-state index contributed by atoms with van der Waals surface area (Å²) in [6, 6.07) is 15.1. The first kappa shape index (κ1) is 21.3. The highest BCUT2D eigenvalue weighted by atomic mass is 32.2. The molecule has 1 aliphatic heterocycles. The summed E-state index contributed by atoms with van der Waals surface area (Å²) < 4.78 is 25.9. The molecule has 1 saturated heterocycles. The zero-order valence-corrected chi connectivity index (χ0v) is 17.9. The molecule has 0 aromatic heterocycles. The van der Waals surface area contributed by atoms with E-state index in [-0.39, 0.29) is 17.3 Å². The molecule has 1 fully saturated rings. The van der Waals surface area contributed by atoms with Gasteiger partial charge in [0.15, 0.2) is 0 Å². The van der Waals surface area contributed by atoms with Crippen molar-refractivity contribution in [2.75, 3.05) is 57.0 Å². The van der Waals surface area contributed by atoms with E-state index >= 15 is 0 Å². The second-order valence-corrected chi connectivity index (χ2v) is 9.56. The minimum atomic E-state index is -3.55.